The highest BCUT2D eigenvalue weighted by atomic mass is 16.3. The Morgan fingerprint density at radius 3 is 2.44 bits per heavy atom. The fourth-order valence-corrected chi connectivity index (χ4v) is 3.23. The van der Waals surface area contributed by atoms with Crippen LogP contribution in [0.1, 0.15) is 26.3 Å². The Bertz CT molecular complexity index is 1060. The second-order valence-electron chi connectivity index (χ2n) is 6.50. The molecule has 0 amide bonds. The summed E-state index contributed by atoms with van der Waals surface area (Å²) in [6.45, 7) is 9.71. The number of fused-ring (bicyclic) bond motifs is 1. The Balaban J connectivity index is 2.09. The van der Waals surface area contributed by atoms with E-state index in [1.807, 2.05) is 51.1 Å². The van der Waals surface area contributed by atoms with Crippen LogP contribution in [-0.2, 0) is 0 Å². The average molecular weight is 356 g/mol. The van der Waals surface area contributed by atoms with E-state index in [0.29, 0.717) is 5.84 Å². The van der Waals surface area contributed by atoms with Gasteiger partial charge in [0, 0.05) is 22.7 Å². The first kappa shape index (κ1) is 18.5. The van der Waals surface area contributed by atoms with E-state index in [0.717, 1.165) is 44.6 Å². The Morgan fingerprint density at radius 2 is 1.81 bits per heavy atom. The lowest BCUT2D eigenvalue weighted by Gasteiger charge is -2.14. The van der Waals surface area contributed by atoms with Crippen molar-refractivity contribution in [2.24, 2.45) is 10.7 Å². The Kier molecular flexibility index (Phi) is 5.41. The van der Waals surface area contributed by atoms with Crippen molar-refractivity contribution in [3.8, 4) is 11.3 Å². The second kappa shape index (κ2) is 7.92. The average Bonchev–Trinajstić information content (AvgIpc) is 3.09. The molecule has 1 heterocycles. The number of nitrogens with zero attached hydrogens (tertiary/aromatic N) is 1. The van der Waals surface area contributed by atoms with Crippen LogP contribution in [0, 0.1) is 0 Å². The van der Waals surface area contributed by atoms with Crippen LogP contribution in [0.5, 0.6) is 0 Å². The number of nitrogens with two attached hydrogens (primary N) is 1. The van der Waals surface area contributed by atoms with Gasteiger partial charge in [0.25, 0.3) is 0 Å². The molecule has 3 heteroatoms. The van der Waals surface area contributed by atoms with Crippen molar-refractivity contribution in [3.05, 3.63) is 90.2 Å². The highest BCUT2D eigenvalue weighted by Gasteiger charge is 2.15. The third kappa shape index (κ3) is 3.77. The van der Waals surface area contributed by atoms with Gasteiger partial charge in [-0.3, -0.25) is 0 Å². The van der Waals surface area contributed by atoms with E-state index in [-0.39, 0.29) is 0 Å². The summed E-state index contributed by atoms with van der Waals surface area (Å²) in [5.41, 5.74) is 12.2. The minimum Gasteiger partial charge on any atom is -0.456 e. The molecule has 0 fully saturated rings. The van der Waals surface area contributed by atoms with Crippen LogP contribution in [-0.4, -0.2) is 5.84 Å². The number of furan rings is 1. The molecule has 0 unspecified atom stereocenters. The summed E-state index contributed by atoms with van der Waals surface area (Å²) >= 11 is 0. The minimum absolute atomic E-state index is 0.461. The predicted octanol–water partition coefficient (Wildman–Crippen LogP) is 6.34. The third-order valence-corrected chi connectivity index (χ3v) is 4.43. The molecule has 1 aromatic heterocycles. The molecular formula is C24H24N2O. The fraction of sp³-hybridized carbons (Fsp3) is 0.125. The molecular weight excluding hydrogens is 332 g/mol. The van der Waals surface area contributed by atoms with Gasteiger partial charge in [0.1, 0.15) is 17.2 Å². The van der Waals surface area contributed by atoms with Crippen LogP contribution >= 0.6 is 0 Å². The summed E-state index contributed by atoms with van der Waals surface area (Å²) in [5.74, 6) is 1.32. The zero-order chi connectivity index (χ0) is 19.4. The van der Waals surface area contributed by atoms with Gasteiger partial charge in [0.15, 0.2) is 0 Å². The van der Waals surface area contributed by atoms with Crippen molar-refractivity contribution in [1.82, 2.24) is 0 Å². The Labute approximate surface area is 160 Å². The highest BCUT2D eigenvalue weighted by molar-refractivity contribution is 6.12. The zero-order valence-electron chi connectivity index (χ0n) is 16.0. The number of amidine groups is 1. The van der Waals surface area contributed by atoms with Crippen LogP contribution < -0.4 is 5.73 Å². The molecule has 3 rings (SSSR count). The molecule has 0 atom stereocenters. The van der Waals surface area contributed by atoms with Gasteiger partial charge in [-0.2, -0.15) is 0 Å². The molecule has 0 aliphatic rings. The van der Waals surface area contributed by atoms with Crippen molar-refractivity contribution in [2.45, 2.75) is 20.8 Å². The Hall–Kier alpha value is -3.33. The number of benzene rings is 2. The van der Waals surface area contributed by atoms with Crippen LogP contribution in [0.15, 0.2) is 94.0 Å². The maximum absolute atomic E-state index is 6.19. The summed E-state index contributed by atoms with van der Waals surface area (Å²) in [7, 11) is 0. The quantitative estimate of drug-likeness (QED) is 0.329. The van der Waals surface area contributed by atoms with Crippen molar-refractivity contribution in [1.29, 1.82) is 0 Å². The number of hydrogen-bond acceptors (Lipinski definition) is 2. The van der Waals surface area contributed by atoms with E-state index in [1.165, 1.54) is 6.20 Å². The summed E-state index contributed by atoms with van der Waals surface area (Å²) < 4.78 is 6.12. The monoisotopic (exact) mass is 356 g/mol. The van der Waals surface area contributed by atoms with Gasteiger partial charge >= 0.3 is 0 Å². The van der Waals surface area contributed by atoms with E-state index < -0.39 is 0 Å². The predicted molar refractivity (Wildman–Crippen MR) is 115 cm³/mol. The SMILES string of the molecule is C=CN=C(N)C(=C(C)C)/C(=C\C)c1ccc2cc(-c3ccccc3)oc2c1. The van der Waals surface area contributed by atoms with Crippen LogP contribution in [0.3, 0.4) is 0 Å². The number of aliphatic imine (C=N–C) groups is 1. The molecule has 0 aliphatic heterocycles. The van der Waals surface area contributed by atoms with Crippen molar-refractivity contribution < 1.29 is 4.42 Å². The first-order valence-corrected chi connectivity index (χ1v) is 8.93. The molecule has 0 radical (unpaired) electrons. The molecule has 0 spiro atoms. The maximum Gasteiger partial charge on any atom is 0.135 e. The standard InChI is InChI=1S/C24H24N2O/c1-5-20(23(16(3)4)24(25)26-6-2)18-12-13-19-15-21(27-22(19)14-18)17-10-8-7-9-11-17/h5-15H,2H2,1,3-4H3,(H2,25,26)/b20-5-. The van der Waals surface area contributed by atoms with E-state index in [1.54, 1.807) is 0 Å². The van der Waals surface area contributed by atoms with Gasteiger partial charge in [-0.05, 0) is 44.0 Å². The number of rotatable bonds is 5. The zero-order valence-corrected chi connectivity index (χ0v) is 16.0. The van der Waals surface area contributed by atoms with Gasteiger partial charge in [-0.1, -0.05) is 60.7 Å². The lowest BCUT2D eigenvalue weighted by atomic mass is 9.93. The molecule has 2 N–H and O–H groups in total. The first-order valence-electron chi connectivity index (χ1n) is 8.93. The molecule has 3 nitrogen and oxygen atoms in total. The summed E-state index contributed by atoms with van der Waals surface area (Å²) in [6, 6.07) is 18.4. The molecule has 3 aromatic rings. The molecule has 136 valence electrons. The number of hydrogen-bond donors (Lipinski definition) is 1. The van der Waals surface area contributed by atoms with Gasteiger partial charge in [0.2, 0.25) is 0 Å². The van der Waals surface area contributed by atoms with E-state index in [2.05, 4.69) is 41.9 Å². The Morgan fingerprint density at radius 1 is 1.07 bits per heavy atom. The second-order valence-corrected chi connectivity index (χ2v) is 6.50. The molecule has 27 heavy (non-hydrogen) atoms. The molecule has 0 bridgehead atoms. The topological polar surface area (TPSA) is 51.5 Å². The normalized spacial score (nSPS) is 12.3. The van der Waals surface area contributed by atoms with Gasteiger partial charge in [0.05, 0.1) is 0 Å². The van der Waals surface area contributed by atoms with Crippen molar-refractivity contribution in [2.75, 3.05) is 0 Å². The van der Waals surface area contributed by atoms with E-state index in [9.17, 15) is 0 Å². The largest absolute Gasteiger partial charge is 0.456 e. The summed E-state index contributed by atoms with van der Waals surface area (Å²) in [6.07, 6.45) is 3.52. The maximum atomic E-state index is 6.19. The summed E-state index contributed by atoms with van der Waals surface area (Å²) in [5, 5.41) is 1.07. The molecule has 0 saturated carbocycles. The lowest BCUT2D eigenvalue weighted by Crippen LogP contribution is -2.17. The van der Waals surface area contributed by atoms with Gasteiger partial charge in [-0.25, -0.2) is 4.99 Å². The molecule has 0 saturated heterocycles. The van der Waals surface area contributed by atoms with Gasteiger partial charge < -0.3 is 10.2 Å². The van der Waals surface area contributed by atoms with Gasteiger partial charge in [-0.15, -0.1) is 0 Å². The minimum atomic E-state index is 0.461. The summed E-state index contributed by atoms with van der Waals surface area (Å²) in [4.78, 5) is 4.18. The van der Waals surface area contributed by atoms with Crippen LogP contribution in [0.4, 0.5) is 0 Å². The van der Waals surface area contributed by atoms with Crippen molar-refractivity contribution >= 4 is 22.4 Å². The van der Waals surface area contributed by atoms with Crippen LogP contribution in [0.25, 0.3) is 27.9 Å². The van der Waals surface area contributed by atoms with E-state index in [4.69, 9.17) is 10.2 Å². The lowest BCUT2D eigenvalue weighted by molar-refractivity contribution is 0.631. The fourth-order valence-electron chi connectivity index (χ4n) is 3.23. The molecule has 2 aromatic carbocycles. The first-order chi connectivity index (χ1) is 13.0. The molecule has 0 aliphatic carbocycles. The van der Waals surface area contributed by atoms with Crippen LogP contribution in [0.2, 0.25) is 0 Å². The number of allylic oxidation sites excluding steroid dienone is 2. The van der Waals surface area contributed by atoms with E-state index >= 15 is 0 Å². The third-order valence-electron chi connectivity index (χ3n) is 4.43. The van der Waals surface area contributed by atoms with Crippen molar-refractivity contribution in [3.63, 3.8) is 0 Å². The smallest absolute Gasteiger partial charge is 0.135 e. The highest BCUT2D eigenvalue weighted by Crippen LogP contribution is 2.32.